The van der Waals surface area contributed by atoms with Crippen molar-refractivity contribution in [2.24, 2.45) is 0 Å². The highest BCUT2D eigenvalue weighted by Crippen LogP contribution is 2.12. The standard InChI is InChI=1S/C12H11NO4/c14-11(15)10-9(17-12(16)13-10)7-6-8-4-2-1-3-5-8/h1-7,9-10H,(H,13,16)(H,14,15)/b7-6+/t9-,10-/m1/s1. The average molecular weight is 233 g/mol. The molecule has 0 radical (unpaired) electrons. The Balaban J connectivity index is 2.10. The predicted molar refractivity (Wildman–Crippen MR) is 60.3 cm³/mol. The molecule has 1 aliphatic heterocycles. The molecule has 0 bridgehead atoms. The fourth-order valence-electron chi connectivity index (χ4n) is 1.56. The van der Waals surface area contributed by atoms with E-state index in [2.05, 4.69) is 5.32 Å². The summed E-state index contributed by atoms with van der Waals surface area (Å²) in [5.41, 5.74) is 0.916. The molecule has 2 N–H and O–H groups in total. The van der Waals surface area contributed by atoms with Crippen molar-refractivity contribution in [1.82, 2.24) is 5.32 Å². The summed E-state index contributed by atoms with van der Waals surface area (Å²) in [5.74, 6) is -1.11. The molecule has 1 fully saturated rings. The molecule has 1 amide bonds. The molecule has 2 rings (SSSR count). The maximum atomic E-state index is 10.9. The summed E-state index contributed by atoms with van der Waals surface area (Å²) < 4.78 is 4.84. The van der Waals surface area contributed by atoms with Crippen molar-refractivity contribution in [3.8, 4) is 0 Å². The van der Waals surface area contributed by atoms with E-state index >= 15 is 0 Å². The Morgan fingerprint density at radius 1 is 1.35 bits per heavy atom. The zero-order chi connectivity index (χ0) is 12.3. The van der Waals surface area contributed by atoms with Crippen molar-refractivity contribution < 1.29 is 19.4 Å². The van der Waals surface area contributed by atoms with Gasteiger partial charge in [-0.3, -0.25) is 0 Å². The lowest BCUT2D eigenvalue weighted by atomic mass is 10.1. The summed E-state index contributed by atoms with van der Waals surface area (Å²) in [6.45, 7) is 0. The van der Waals surface area contributed by atoms with Gasteiger partial charge < -0.3 is 15.2 Å². The second-order valence-electron chi connectivity index (χ2n) is 3.60. The topological polar surface area (TPSA) is 75.6 Å². The Labute approximate surface area is 97.7 Å². The summed E-state index contributed by atoms with van der Waals surface area (Å²) in [5, 5.41) is 11.1. The van der Waals surface area contributed by atoms with Gasteiger partial charge >= 0.3 is 12.1 Å². The molecule has 1 aromatic rings. The molecule has 1 heterocycles. The Morgan fingerprint density at radius 3 is 2.71 bits per heavy atom. The lowest BCUT2D eigenvalue weighted by Gasteiger charge is -2.07. The van der Waals surface area contributed by atoms with Gasteiger partial charge in [-0.05, 0) is 11.6 Å². The van der Waals surface area contributed by atoms with Gasteiger partial charge in [0, 0.05) is 0 Å². The molecule has 0 saturated carbocycles. The van der Waals surface area contributed by atoms with Gasteiger partial charge in [-0.2, -0.15) is 0 Å². The Kier molecular flexibility index (Phi) is 3.09. The molecular weight excluding hydrogens is 222 g/mol. The van der Waals surface area contributed by atoms with Crippen LogP contribution in [-0.2, 0) is 9.53 Å². The first-order valence-corrected chi connectivity index (χ1v) is 5.10. The van der Waals surface area contributed by atoms with Gasteiger partial charge in [-0.1, -0.05) is 36.4 Å². The molecule has 0 aliphatic carbocycles. The molecule has 0 unspecified atom stereocenters. The molecule has 5 heteroatoms. The predicted octanol–water partition coefficient (Wildman–Crippen LogP) is 1.26. The van der Waals surface area contributed by atoms with E-state index in [0.29, 0.717) is 0 Å². The maximum Gasteiger partial charge on any atom is 0.408 e. The first kappa shape index (κ1) is 11.2. The Bertz CT molecular complexity index is 455. The number of carbonyl (C=O) groups is 2. The third kappa shape index (κ3) is 2.63. The monoisotopic (exact) mass is 233 g/mol. The number of hydrogen-bond acceptors (Lipinski definition) is 3. The van der Waals surface area contributed by atoms with Crippen LogP contribution in [0.25, 0.3) is 6.08 Å². The number of aliphatic carboxylic acids is 1. The number of carboxylic acid groups (broad SMARTS) is 1. The van der Waals surface area contributed by atoms with Crippen molar-refractivity contribution in [3.63, 3.8) is 0 Å². The summed E-state index contributed by atoms with van der Waals surface area (Å²) in [6.07, 6.45) is 1.80. The van der Waals surface area contributed by atoms with E-state index in [9.17, 15) is 9.59 Å². The van der Waals surface area contributed by atoms with Gasteiger partial charge in [0.15, 0.2) is 12.1 Å². The van der Waals surface area contributed by atoms with Crippen LogP contribution in [0.1, 0.15) is 5.56 Å². The molecule has 17 heavy (non-hydrogen) atoms. The minimum atomic E-state index is -1.11. The van der Waals surface area contributed by atoms with Crippen LogP contribution in [0.15, 0.2) is 36.4 Å². The smallest absolute Gasteiger partial charge is 0.408 e. The first-order valence-electron chi connectivity index (χ1n) is 5.10. The Morgan fingerprint density at radius 2 is 2.06 bits per heavy atom. The highest BCUT2D eigenvalue weighted by molar-refractivity contribution is 5.84. The molecule has 1 aromatic carbocycles. The zero-order valence-electron chi connectivity index (χ0n) is 8.87. The third-order valence-corrected chi connectivity index (χ3v) is 2.39. The zero-order valence-corrected chi connectivity index (χ0v) is 8.87. The van der Waals surface area contributed by atoms with E-state index < -0.39 is 24.2 Å². The lowest BCUT2D eigenvalue weighted by Crippen LogP contribution is -2.38. The number of cyclic esters (lactones) is 1. The van der Waals surface area contributed by atoms with Crippen LogP contribution >= 0.6 is 0 Å². The molecule has 1 saturated heterocycles. The molecule has 0 spiro atoms. The summed E-state index contributed by atoms with van der Waals surface area (Å²) in [4.78, 5) is 21.8. The normalized spacial score (nSPS) is 23.4. The second kappa shape index (κ2) is 4.69. The molecule has 0 aromatic heterocycles. The summed E-state index contributed by atoms with van der Waals surface area (Å²) in [7, 11) is 0. The van der Waals surface area contributed by atoms with Gasteiger partial charge in [-0.15, -0.1) is 0 Å². The molecule has 88 valence electrons. The number of rotatable bonds is 3. The van der Waals surface area contributed by atoms with Crippen molar-refractivity contribution >= 4 is 18.1 Å². The van der Waals surface area contributed by atoms with E-state index in [0.717, 1.165) is 5.56 Å². The van der Waals surface area contributed by atoms with Crippen LogP contribution in [-0.4, -0.2) is 29.3 Å². The van der Waals surface area contributed by atoms with Gasteiger partial charge in [0.25, 0.3) is 0 Å². The number of amides is 1. The summed E-state index contributed by atoms with van der Waals surface area (Å²) >= 11 is 0. The second-order valence-corrected chi connectivity index (χ2v) is 3.60. The number of hydrogen-bond donors (Lipinski definition) is 2. The first-order chi connectivity index (χ1) is 8.16. The fourth-order valence-corrected chi connectivity index (χ4v) is 1.56. The number of nitrogens with one attached hydrogen (secondary N) is 1. The van der Waals surface area contributed by atoms with E-state index in [1.54, 1.807) is 12.2 Å². The van der Waals surface area contributed by atoms with Crippen LogP contribution in [0.3, 0.4) is 0 Å². The molecule has 2 atom stereocenters. The van der Waals surface area contributed by atoms with Gasteiger partial charge in [-0.25, -0.2) is 9.59 Å². The largest absolute Gasteiger partial charge is 0.480 e. The summed E-state index contributed by atoms with van der Waals surface area (Å²) in [6, 6.07) is 8.34. The van der Waals surface area contributed by atoms with Gasteiger partial charge in [0.1, 0.15) is 0 Å². The van der Waals surface area contributed by atoms with E-state index in [4.69, 9.17) is 9.84 Å². The van der Waals surface area contributed by atoms with Crippen molar-refractivity contribution in [3.05, 3.63) is 42.0 Å². The third-order valence-electron chi connectivity index (χ3n) is 2.39. The van der Waals surface area contributed by atoms with Gasteiger partial charge in [0.05, 0.1) is 0 Å². The maximum absolute atomic E-state index is 10.9. The number of carbonyl (C=O) groups excluding carboxylic acids is 1. The van der Waals surface area contributed by atoms with Crippen LogP contribution in [0, 0.1) is 0 Å². The van der Waals surface area contributed by atoms with Crippen LogP contribution < -0.4 is 5.32 Å². The number of ether oxygens (including phenoxy) is 1. The van der Waals surface area contributed by atoms with Crippen LogP contribution in [0.4, 0.5) is 4.79 Å². The highest BCUT2D eigenvalue weighted by Gasteiger charge is 2.37. The SMILES string of the molecule is O=C1N[C@@H](C(=O)O)[C@@H](/C=C/c2ccccc2)O1. The van der Waals surface area contributed by atoms with Crippen molar-refractivity contribution in [2.45, 2.75) is 12.1 Å². The quantitative estimate of drug-likeness (QED) is 0.824. The fraction of sp³-hybridized carbons (Fsp3) is 0.167. The molecular formula is C12H11NO4. The highest BCUT2D eigenvalue weighted by atomic mass is 16.6. The number of alkyl carbamates (subject to hydrolysis) is 1. The van der Waals surface area contributed by atoms with Crippen molar-refractivity contribution in [2.75, 3.05) is 0 Å². The average Bonchev–Trinajstić information content (AvgIpc) is 2.69. The van der Waals surface area contributed by atoms with E-state index in [1.807, 2.05) is 30.3 Å². The Hall–Kier alpha value is -2.30. The number of carboxylic acids is 1. The minimum absolute atomic E-state index is 0.708. The number of benzene rings is 1. The van der Waals surface area contributed by atoms with Gasteiger partial charge in [0.2, 0.25) is 0 Å². The van der Waals surface area contributed by atoms with Crippen LogP contribution in [0.2, 0.25) is 0 Å². The molecule has 5 nitrogen and oxygen atoms in total. The minimum Gasteiger partial charge on any atom is -0.480 e. The lowest BCUT2D eigenvalue weighted by molar-refractivity contribution is -0.139. The molecule has 1 aliphatic rings. The van der Waals surface area contributed by atoms with Crippen LogP contribution in [0.5, 0.6) is 0 Å². The van der Waals surface area contributed by atoms with E-state index in [-0.39, 0.29) is 0 Å². The van der Waals surface area contributed by atoms with Crippen molar-refractivity contribution in [1.29, 1.82) is 0 Å². The van der Waals surface area contributed by atoms with E-state index in [1.165, 1.54) is 0 Å².